The monoisotopic (exact) mass is 190 g/mol. The van der Waals surface area contributed by atoms with Crippen LogP contribution in [0.5, 0.6) is 11.5 Å². The van der Waals surface area contributed by atoms with Gasteiger partial charge in [-0.15, -0.1) is 0 Å². The minimum atomic E-state index is 0.102. The standard InChI is InChI=1S/C10H10N2O2/c1-14-8-4-2-3-7(9(8)13)10-11-5-6-12-10/h2-6,13H,1H3,(H,11,12). The predicted molar refractivity (Wildman–Crippen MR) is 52.2 cm³/mol. The van der Waals surface area contributed by atoms with Crippen LogP contribution < -0.4 is 4.74 Å². The number of ether oxygens (including phenoxy) is 1. The highest BCUT2D eigenvalue weighted by Crippen LogP contribution is 2.34. The zero-order chi connectivity index (χ0) is 9.97. The van der Waals surface area contributed by atoms with Crippen LogP contribution in [0, 0.1) is 0 Å². The second-order valence-corrected chi connectivity index (χ2v) is 2.79. The first kappa shape index (κ1) is 8.62. The van der Waals surface area contributed by atoms with Crippen molar-refractivity contribution in [2.24, 2.45) is 0 Å². The summed E-state index contributed by atoms with van der Waals surface area (Å²) in [6.45, 7) is 0. The van der Waals surface area contributed by atoms with Crippen molar-refractivity contribution in [1.29, 1.82) is 0 Å². The Labute approximate surface area is 81.2 Å². The van der Waals surface area contributed by atoms with Gasteiger partial charge in [0.1, 0.15) is 5.82 Å². The maximum atomic E-state index is 9.78. The molecule has 4 nitrogen and oxygen atoms in total. The topological polar surface area (TPSA) is 58.1 Å². The highest BCUT2D eigenvalue weighted by Gasteiger charge is 2.10. The van der Waals surface area contributed by atoms with Crippen LogP contribution in [-0.4, -0.2) is 22.2 Å². The lowest BCUT2D eigenvalue weighted by atomic mass is 10.2. The highest BCUT2D eigenvalue weighted by molar-refractivity contribution is 5.67. The minimum Gasteiger partial charge on any atom is -0.504 e. The van der Waals surface area contributed by atoms with Crippen LogP contribution in [0.2, 0.25) is 0 Å². The average Bonchev–Trinajstić information content (AvgIpc) is 2.71. The van der Waals surface area contributed by atoms with Gasteiger partial charge < -0.3 is 14.8 Å². The Morgan fingerprint density at radius 1 is 1.43 bits per heavy atom. The number of phenolic OH excluding ortho intramolecular Hbond substituents is 1. The van der Waals surface area contributed by atoms with Crippen molar-refractivity contribution >= 4 is 0 Å². The lowest BCUT2D eigenvalue weighted by Gasteiger charge is -2.06. The van der Waals surface area contributed by atoms with Crippen LogP contribution in [-0.2, 0) is 0 Å². The minimum absolute atomic E-state index is 0.102. The summed E-state index contributed by atoms with van der Waals surface area (Å²) in [7, 11) is 1.51. The van der Waals surface area contributed by atoms with E-state index >= 15 is 0 Å². The molecule has 4 heteroatoms. The smallest absolute Gasteiger partial charge is 0.168 e. The lowest BCUT2D eigenvalue weighted by molar-refractivity contribution is 0.374. The summed E-state index contributed by atoms with van der Waals surface area (Å²) in [6, 6.07) is 5.27. The molecular formula is C10H10N2O2. The van der Waals surface area contributed by atoms with Crippen molar-refractivity contribution < 1.29 is 9.84 Å². The van der Waals surface area contributed by atoms with Gasteiger partial charge in [-0.3, -0.25) is 0 Å². The zero-order valence-electron chi connectivity index (χ0n) is 7.69. The molecule has 0 aliphatic heterocycles. The number of nitrogens with zero attached hydrogens (tertiary/aromatic N) is 1. The number of hydrogen-bond acceptors (Lipinski definition) is 3. The third-order valence-electron chi connectivity index (χ3n) is 1.97. The molecule has 2 rings (SSSR count). The van der Waals surface area contributed by atoms with Crippen LogP contribution in [0.3, 0.4) is 0 Å². The Morgan fingerprint density at radius 2 is 2.29 bits per heavy atom. The van der Waals surface area contributed by atoms with E-state index in [0.29, 0.717) is 17.1 Å². The summed E-state index contributed by atoms with van der Waals surface area (Å²) in [5.74, 6) is 1.17. The molecule has 0 unspecified atom stereocenters. The molecule has 0 bridgehead atoms. The molecule has 1 heterocycles. The number of methoxy groups -OCH3 is 1. The summed E-state index contributed by atoms with van der Waals surface area (Å²) in [6.07, 6.45) is 3.34. The number of aromatic hydroxyl groups is 1. The maximum Gasteiger partial charge on any atom is 0.168 e. The third kappa shape index (κ3) is 1.31. The van der Waals surface area contributed by atoms with Crippen LogP contribution in [0.1, 0.15) is 0 Å². The van der Waals surface area contributed by atoms with Crippen LogP contribution in [0.15, 0.2) is 30.6 Å². The fraction of sp³-hybridized carbons (Fsp3) is 0.100. The number of H-pyrrole nitrogens is 1. The van der Waals surface area contributed by atoms with Gasteiger partial charge in [0, 0.05) is 12.4 Å². The van der Waals surface area contributed by atoms with E-state index < -0.39 is 0 Å². The fourth-order valence-corrected chi connectivity index (χ4v) is 1.29. The van der Waals surface area contributed by atoms with E-state index in [1.165, 1.54) is 7.11 Å². The first-order valence-corrected chi connectivity index (χ1v) is 4.18. The van der Waals surface area contributed by atoms with Gasteiger partial charge in [0.2, 0.25) is 0 Å². The molecule has 2 aromatic rings. The second-order valence-electron chi connectivity index (χ2n) is 2.79. The number of hydrogen-bond donors (Lipinski definition) is 2. The van der Waals surface area contributed by atoms with E-state index in [2.05, 4.69) is 9.97 Å². The molecule has 0 saturated heterocycles. The summed E-state index contributed by atoms with van der Waals surface area (Å²) < 4.78 is 4.99. The van der Waals surface area contributed by atoms with Crippen molar-refractivity contribution in [3.05, 3.63) is 30.6 Å². The van der Waals surface area contributed by atoms with Gasteiger partial charge in [0.05, 0.1) is 12.7 Å². The molecule has 0 spiro atoms. The van der Waals surface area contributed by atoms with Crippen LogP contribution >= 0.6 is 0 Å². The molecule has 1 aromatic carbocycles. The van der Waals surface area contributed by atoms with Gasteiger partial charge in [-0.05, 0) is 12.1 Å². The van der Waals surface area contributed by atoms with E-state index in [-0.39, 0.29) is 5.75 Å². The molecule has 1 aromatic heterocycles. The number of nitrogens with one attached hydrogen (secondary N) is 1. The third-order valence-corrected chi connectivity index (χ3v) is 1.97. The quantitative estimate of drug-likeness (QED) is 0.759. The molecule has 0 aliphatic carbocycles. The molecule has 72 valence electrons. The van der Waals surface area contributed by atoms with Crippen molar-refractivity contribution in [3.63, 3.8) is 0 Å². The first-order chi connectivity index (χ1) is 6.83. The first-order valence-electron chi connectivity index (χ1n) is 4.18. The van der Waals surface area contributed by atoms with Gasteiger partial charge in [-0.25, -0.2) is 4.98 Å². The molecule has 2 N–H and O–H groups in total. The van der Waals surface area contributed by atoms with Gasteiger partial charge in [0.25, 0.3) is 0 Å². The fourth-order valence-electron chi connectivity index (χ4n) is 1.29. The van der Waals surface area contributed by atoms with Crippen LogP contribution in [0.4, 0.5) is 0 Å². The Hall–Kier alpha value is -1.97. The predicted octanol–water partition coefficient (Wildman–Crippen LogP) is 1.79. The van der Waals surface area contributed by atoms with E-state index in [1.54, 1.807) is 30.6 Å². The number of rotatable bonds is 2. The Morgan fingerprint density at radius 3 is 2.93 bits per heavy atom. The molecule has 0 atom stereocenters. The van der Waals surface area contributed by atoms with E-state index in [9.17, 15) is 5.11 Å². The number of imidazole rings is 1. The molecule has 0 saturated carbocycles. The maximum absolute atomic E-state index is 9.78. The number of aromatic nitrogens is 2. The van der Waals surface area contributed by atoms with Crippen molar-refractivity contribution in [3.8, 4) is 22.9 Å². The molecule has 0 radical (unpaired) electrons. The highest BCUT2D eigenvalue weighted by atomic mass is 16.5. The van der Waals surface area contributed by atoms with E-state index in [0.717, 1.165) is 0 Å². The normalized spacial score (nSPS) is 10.1. The van der Waals surface area contributed by atoms with Crippen molar-refractivity contribution in [1.82, 2.24) is 9.97 Å². The van der Waals surface area contributed by atoms with E-state index in [4.69, 9.17) is 4.74 Å². The van der Waals surface area contributed by atoms with Gasteiger partial charge in [-0.2, -0.15) is 0 Å². The van der Waals surface area contributed by atoms with Gasteiger partial charge in [-0.1, -0.05) is 6.07 Å². The van der Waals surface area contributed by atoms with Crippen molar-refractivity contribution in [2.45, 2.75) is 0 Å². The molecule has 0 amide bonds. The summed E-state index contributed by atoms with van der Waals surface area (Å²) >= 11 is 0. The lowest BCUT2D eigenvalue weighted by Crippen LogP contribution is -1.87. The SMILES string of the molecule is COc1cccc(-c2ncc[nH]2)c1O. The molecule has 0 fully saturated rings. The average molecular weight is 190 g/mol. The number of benzene rings is 1. The van der Waals surface area contributed by atoms with Crippen LogP contribution in [0.25, 0.3) is 11.4 Å². The van der Waals surface area contributed by atoms with Gasteiger partial charge in [0.15, 0.2) is 11.5 Å². The number of para-hydroxylation sites is 1. The van der Waals surface area contributed by atoms with E-state index in [1.807, 2.05) is 0 Å². The van der Waals surface area contributed by atoms with Crippen molar-refractivity contribution in [2.75, 3.05) is 7.11 Å². The summed E-state index contributed by atoms with van der Waals surface area (Å²) in [5, 5.41) is 9.78. The Bertz CT molecular complexity index is 424. The molecule has 0 aliphatic rings. The molecule has 14 heavy (non-hydrogen) atoms. The molecular weight excluding hydrogens is 180 g/mol. The largest absolute Gasteiger partial charge is 0.504 e. The number of phenols is 1. The van der Waals surface area contributed by atoms with Gasteiger partial charge >= 0.3 is 0 Å². The number of aromatic amines is 1. The second kappa shape index (κ2) is 3.41. The summed E-state index contributed by atoms with van der Waals surface area (Å²) in [4.78, 5) is 6.97. The Balaban J connectivity index is 2.54. The Kier molecular flexibility index (Phi) is 2.10. The summed E-state index contributed by atoms with van der Waals surface area (Å²) in [5.41, 5.74) is 0.634. The zero-order valence-corrected chi connectivity index (χ0v) is 7.69.